The quantitative estimate of drug-likeness (QED) is 0.723. The maximum atomic E-state index is 12.5. The molecular weight excluding hydrogens is 310 g/mol. The Bertz CT molecular complexity index is 731. The normalized spacial score (nSPS) is 18.3. The van der Waals surface area contributed by atoms with Crippen molar-refractivity contribution in [3.05, 3.63) is 47.9 Å². The van der Waals surface area contributed by atoms with Crippen molar-refractivity contribution in [2.45, 2.75) is 6.10 Å². The Balaban J connectivity index is 1.80. The van der Waals surface area contributed by atoms with Crippen molar-refractivity contribution in [1.82, 2.24) is 14.9 Å². The minimum absolute atomic E-state index is 0.169. The summed E-state index contributed by atoms with van der Waals surface area (Å²) in [5, 5.41) is 10.3. The second-order valence-corrected chi connectivity index (χ2v) is 5.67. The van der Waals surface area contributed by atoms with Crippen LogP contribution < -0.4 is 10.6 Å². The fourth-order valence-electron chi connectivity index (χ4n) is 2.84. The number of rotatable bonds is 3. The van der Waals surface area contributed by atoms with Crippen molar-refractivity contribution >= 4 is 17.6 Å². The van der Waals surface area contributed by atoms with Gasteiger partial charge in [0, 0.05) is 38.6 Å². The minimum Gasteiger partial charge on any atom is -0.389 e. The number of aliphatic hydroxyl groups is 1. The molecule has 2 amide bonds. The summed E-state index contributed by atoms with van der Waals surface area (Å²) in [5.74, 6) is -0.313. The first kappa shape index (κ1) is 16.0. The van der Waals surface area contributed by atoms with Crippen LogP contribution in [0.15, 0.2) is 36.7 Å². The van der Waals surface area contributed by atoms with Gasteiger partial charge in [0.25, 0.3) is 11.8 Å². The number of carbonyl (C=O) groups is 2. The average molecular weight is 329 g/mol. The highest BCUT2D eigenvalue weighted by Gasteiger charge is 2.27. The van der Waals surface area contributed by atoms with Crippen LogP contribution in [0.1, 0.15) is 20.8 Å². The highest BCUT2D eigenvalue weighted by atomic mass is 16.3. The Morgan fingerprint density at radius 3 is 2.79 bits per heavy atom. The van der Waals surface area contributed by atoms with Gasteiger partial charge in [0.05, 0.1) is 11.7 Å². The fourth-order valence-corrected chi connectivity index (χ4v) is 2.84. The lowest BCUT2D eigenvalue weighted by Crippen LogP contribution is -2.37. The summed E-state index contributed by atoms with van der Waals surface area (Å²) < 4.78 is 0. The molecule has 0 aliphatic carbocycles. The van der Waals surface area contributed by atoms with Gasteiger partial charge in [-0.05, 0) is 24.3 Å². The molecule has 4 N–H and O–H groups in total. The largest absolute Gasteiger partial charge is 0.389 e. The number of primary amides is 1. The summed E-state index contributed by atoms with van der Waals surface area (Å²) in [6.45, 7) is 1.34. The van der Waals surface area contributed by atoms with Crippen LogP contribution in [0, 0.1) is 0 Å². The predicted octanol–water partition coefficient (Wildman–Crippen LogP) is -0.168. The molecule has 0 spiro atoms. The summed E-state index contributed by atoms with van der Waals surface area (Å²) in [4.78, 5) is 34.5. The number of aromatic nitrogens is 2. The van der Waals surface area contributed by atoms with Gasteiger partial charge in [0.1, 0.15) is 11.5 Å². The molecule has 0 aromatic carbocycles. The number of H-pyrrole nitrogens is 1. The first-order valence-corrected chi connectivity index (χ1v) is 7.66. The monoisotopic (exact) mass is 329 g/mol. The van der Waals surface area contributed by atoms with E-state index in [2.05, 4.69) is 9.97 Å². The van der Waals surface area contributed by atoms with Crippen molar-refractivity contribution in [1.29, 1.82) is 0 Å². The molecule has 8 heteroatoms. The number of carbonyl (C=O) groups excluding carboxylic acids is 2. The van der Waals surface area contributed by atoms with Gasteiger partial charge in [-0.1, -0.05) is 0 Å². The van der Waals surface area contributed by atoms with Crippen molar-refractivity contribution < 1.29 is 14.7 Å². The van der Waals surface area contributed by atoms with E-state index in [1.54, 1.807) is 46.5 Å². The first-order valence-electron chi connectivity index (χ1n) is 7.66. The van der Waals surface area contributed by atoms with E-state index >= 15 is 0 Å². The lowest BCUT2D eigenvalue weighted by Gasteiger charge is -2.24. The molecule has 0 unspecified atom stereocenters. The number of aromatic amines is 1. The molecule has 2 aromatic heterocycles. The van der Waals surface area contributed by atoms with Gasteiger partial charge in [0.2, 0.25) is 0 Å². The number of anilines is 1. The van der Waals surface area contributed by atoms with Gasteiger partial charge in [0.15, 0.2) is 0 Å². The third kappa shape index (κ3) is 3.23. The topological polar surface area (TPSA) is 116 Å². The van der Waals surface area contributed by atoms with Crippen LogP contribution in [0.2, 0.25) is 0 Å². The van der Waals surface area contributed by atoms with Crippen LogP contribution in [0.5, 0.6) is 0 Å². The van der Waals surface area contributed by atoms with Crippen LogP contribution >= 0.6 is 0 Å². The van der Waals surface area contributed by atoms with Crippen molar-refractivity contribution in [2.24, 2.45) is 5.73 Å². The van der Waals surface area contributed by atoms with Crippen LogP contribution in [0.4, 0.5) is 5.82 Å². The summed E-state index contributed by atoms with van der Waals surface area (Å²) in [6, 6.07) is 6.69. The molecule has 0 bridgehead atoms. The number of nitrogens with one attached hydrogen (secondary N) is 1. The van der Waals surface area contributed by atoms with Crippen LogP contribution in [0.3, 0.4) is 0 Å². The maximum Gasteiger partial charge on any atom is 0.270 e. The highest BCUT2D eigenvalue weighted by Crippen LogP contribution is 2.19. The number of hydrogen-bond acceptors (Lipinski definition) is 5. The molecule has 24 heavy (non-hydrogen) atoms. The number of pyridine rings is 1. The van der Waals surface area contributed by atoms with E-state index in [9.17, 15) is 14.7 Å². The summed E-state index contributed by atoms with van der Waals surface area (Å²) in [5.41, 5.74) is 6.18. The molecule has 0 saturated carbocycles. The van der Waals surface area contributed by atoms with Gasteiger partial charge >= 0.3 is 0 Å². The molecule has 3 rings (SSSR count). The van der Waals surface area contributed by atoms with Crippen molar-refractivity contribution in [3.8, 4) is 0 Å². The second-order valence-electron chi connectivity index (χ2n) is 5.67. The van der Waals surface area contributed by atoms with E-state index < -0.39 is 12.0 Å². The van der Waals surface area contributed by atoms with Crippen molar-refractivity contribution in [2.75, 3.05) is 31.1 Å². The summed E-state index contributed by atoms with van der Waals surface area (Å²) in [7, 11) is 0. The van der Waals surface area contributed by atoms with Gasteiger partial charge in [-0.25, -0.2) is 4.98 Å². The fraction of sp³-hybridized carbons (Fsp3) is 0.312. The minimum atomic E-state index is -0.755. The lowest BCUT2D eigenvalue weighted by atomic mass is 10.2. The van der Waals surface area contributed by atoms with E-state index in [-0.39, 0.29) is 19.0 Å². The number of nitrogens with zero attached hydrogens (tertiary/aromatic N) is 3. The van der Waals surface area contributed by atoms with Crippen LogP contribution in [0.25, 0.3) is 0 Å². The van der Waals surface area contributed by atoms with Crippen LogP contribution in [-0.2, 0) is 0 Å². The molecule has 1 aliphatic heterocycles. The summed E-state index contributed by atoms with van der Waals surface area (Å²) in [6.07, 6.45) is 2.50. The third-order valence-corrected chi connectivity index (χ3v) is 3.97. The van der Waals surface area contributed by atoms with Gasteiger partial charge in [-0.3, -0.25) is 9.59 Å². The number of β-amino-alcohol motifs (C(OH)–C–C–N with tert-alkyl or cyclic N) is 1. The average Bonchev–Trinajstić information content (AvgIpc) is 3.04. The molecule has 126 valence electrons. The molecule has 2 aromatic rings. The zero-order valence-corrected chi connectivity index (χ0v) is 13.1. The molecule has 1 atom stereocenters. The third-order valence-electron chi connectivity index (χ3n) is 3.97. The first-order chi connectivity index (χ1) is 11.6. The lowest BCUT2D eigenvalue weighted by molar-refractivity contribution is 0.0669. The van der Waals surface area contributed by atoms with E-state index in [4.69, 9.17) is 5.73 Å². The Hall–Kier alpha value is -2.87. The predicted molar refractivity (Wildman–Crippen MR) is 87.7 cm³/mol. The smallest absolute Gasteiger partial charge is 0.270 e. The maximum absolute atomic E-state index is 12.5. The standard InChI is InChI=1S/C16H19N5O3/c17-14(23)12-3-1-6-19-15(12)20-7-8-21(10-11(22)9-20)16(24)13-4-2-5-18-13/h1-6,11,18,22H,7-10H2,(H2,17,23)/t11-/m0/s1. The molecule has 8 nitrogen and oxygen atoms in total. The van der Waals surface area contributed by atoms with E-state index in [1.807, 2.05) is 0 Å². The van der Waals surface area contributed by atoms with Gasteiger partial charge in [-0.15, -0.1) is 0 Å². The second kappa shape index (κ2) is 6.71. The Morgan fingerprint density at radius 2 is 2.08 bits per heavy atom. The molecular formula is C16H19N5O3. The molecule has 1 saturated heterocycles. The number of aliphatic hydroxyl groups excluding tert-OH is 1. The zero-order valence-electron chi connectivity index (χ0n) is 13.1. The summed E-state index contributed by atoms with van der Waals surface area (Å²) >= 11 is 0. The SMILES string of the molecule is NC(=O)c1cccnc1N1CCN(C(=O)c2ccc[nH]2)C[C@@H](O)C1. The van der Waals surface area contributed by atoms with E-state index in [1.165, 1.54) is 0 Å². The molecule has 1 aliphatic rings. The van der Waals surface area contributed by atoms with E-state index in [0.717, 1.165) is 0 Å². The van der Waals surface area contributed by atoms with Crippen molar-refractivity contribution in [3.63, 3.8) is 0 Å². The molecule has 0 radical (unpaired) electrons. The Morgan fingerprint density at radius 1 is 1.25 bits per heavy atom. The highest BCUT2D eigenvalue weighted by molar-refractivity contribution is 5.97. The number of nitrogens with two attached hydrogens (primary N) is 1. The molecule has 3 heterocycles. The number of amides is 2. The van der Waals surface area contributed by atoms with Crippen LogP contribution in [-0.4, -0.2) is 64.1 Å². The number of hydrogen-bond donors (Lipinski definition) is 3. The van der Waals surface area contributed by atoms with Gasteiger partial charge < -0.3 is 25.6 Å². The zero-order chi connectivity index (χ0) is 17.1. The Labute approximate surface area is 138 Å². The van der Waals surface area contributed by atoms with E-state index in [0.29, 0.717) is 30.2 Å². The van der Waals surface area contributed by atoms with Gasteiger partial charge in [-0.2, -0.15) is 0 Å². The Kier molecular flexibility index (Phi) is 4.48. The molecule has 1 fully saturated rings.